The minimum atomic E-state index is -0.000648. The summed E-state index contributed by atoms with van der Waals surface area (Å²) in [7, 11) is 0. The van der Waals surface area contributed by atoms with Crippen molar-refractivity contribution in [3.63, 3.8) is 0 Å². The van der Waals surface area contributed by atoms with Gasteiger partial charge in [0.05, 0.1) is 0 Å². The molecule has 0 radical (unpaired) electrons. The lowest BCUT2D eigenvalue weighted by atomic mass is 10.0. The highest BCUT2D eigenvalue weighted by atomic mass is 32.2. The van der Waals surface area contributed by atoms with Gasteiger partial charge in [-0.15, -0.1) is 0 Å². The van der Waals surface area contributed by atoms with E-state index in [0.29, 0.717) is 0 Å². The largest absolute Gasteiger partial charge is 0.292 e. The van der Waals surface area contributed by atoms with Crippen molar-refractivity contribution in [2.75, 3.05) is 0 Å². The minimum absolute atomic E-state index is 0.000648. The molecular formula is C11H7NOS. The van der Waals surface area contributed by atoms with Gasteiger partial charge in [0, 0.05) is 15.8 Å². The molecule has 14 heavy (non-hydrogen) atoms. The van der Waals surface area contributed by atoms with Gasteiger partial charge >= 0.3 is 0 Å². The van der Waals surface area contributed by atoms with E-state index in [0.717, 1.165) is 21.2 Å². The van der Waals surface area contributed by atoms with E-state index in [4.69, 9.17) is 0 Å². The van der Waals surface area contributed by atoms with Crippen molar-refractivity contribution in [3.8, 4) is 0 Å². The summed E-state index contributed by atoms with van der Waals surface area (Å²) >= 11 is 1.39. The quantitative estimate of drug-likeness (QED) is 0.664. The van der Waals surface area contributed by atoms with Crippen LogP contribution < -0.4 is 4.72 Å². The molecule has 1 amide bonds. The Morgan fingerprint density at radius 1 is 1.07 bits per heavy atom. The van der Waals surface area contributed by atoms with Gasteiger partial charge < -0.3 is 0 Å². The maximum absolute atomic E-state index is 11.5. The van der Waals surface area contributed by atoms with Crippen molar-refractivity contribution < 1.29 is 4.79 Å². The van der Waals surface area contributed by atoms with Gasteiger partial charge in [0.2, 0.25) is 0 Å². The first-order chi connectivity index (χ1) is 6.86. The smallest absolute Gasteiger partial charge is 0.262 e. The zero-order valence-corrected chi connectivity index (χ0v) is 8.10. The summed E-state index contributed by atoms with van der Waals surface area (Å²) in [6.45, 7) is 0. The second-order valence-corrected chi connectivity index (χ2v) is 4.04. The summed E-state index contributed by atoms with van der Waals surface area (Å²) < 4.78 is 2.78. The average Bonchev–Trinajstić information content (AvgIpc) is 2.24. The van der Waals surface area contributed by atoms with E-state index in [1.165, 1.54) is 11.9 Å². The highest BCUT2D eigenvalue weighted by Crippen LogP contribution is 2.32. The Balaban J connectivity index is 2.52. The molecule has 0 spiro atoms. The fourth-order valence-electron chi connectivity index (χ4n) is 1.74. The average molecular weight is 201 g/mol. The molecule has 68 valence electrons. The lowest BCUT2D eigenvalue weighted by Gasteiger charge is -2.15. The zero-order chi connectivity index (χ0) is 9.54. The lowest BCUT2D eigenvalue weighted by molar-refractivity contribution is 0.0985. The van der Waals surface area contributed by atoms with Gasteiger partial charge in [-0.2, -0.15) is 0 Å². The van der Waals surface area contributed by atoms with E-state index in [-0.39, 0.29) is 5.91 Å². The number of hydrogen-bond acceptors (Lipinski definition) is 2. The molecule has 2 aromatic rings. The van der Waals surface area contributed by atoms with Crippen molar-refractivity contribution in [1.82, 2.24) is 4.72 Å². The summed E-state index contributed by atoms with van der Waals surface area (Å²) in [4.78, 5) is 12.7. The Bertz CT molecular complexity index is 531. The predicted molar refractivity (Wildman–Crippen MR) is 57.3 cm³/mol. The Morgan fingerprint density at radius 2 is 1.86 bits per heavy atom. The molecule has 0 unspecified atom stereocenters. The normalized spacial score (nSPS) is 14.1. The summed E-state index contributed by atoms with van der Waals surface area (Å²) in [6.07, 6.45) is 0. The second-order valence-electron chi connectivity index (χ2n) is 3.19. The van der Waals surface area contributed by atoms with E-state index >= 15 is 0 Å². The Kier molecular flexibility index (Phi) is 1.55. The molecule has 0 saturated carbocycles. The third kappa shape index (κ3) is 0.960. The summed E-state index contributed by atoms with van der Waals surface area (Å²) in [5, 5.41) is 2.20. The molecule has 0 bridgehead atoms. The van der Waals surface area contributed by atoms with E-state index in [1.807, 2.05) is 36.4 Å². The number of rotatable bonds is 0. The predicted octanol–water partition coefficient (Wildman–Crippen LogP) is 2.59. The number of benzene rings is 2. The number of amides is 1. The van der Waals surface area contributed by atoms with E-state index < -0.39 is 0 Å². The second kappa shape index (κ2) is 2.75. The SMILES string of the molecule is O=C1NSc2cccc3cccc1c23. The van der Waals surface area contributed by atoms with Crippen LogP contribution in [0.25, 0.3) is 10.8 Å². The highest BCUT2D eigenvalue weighted by Gasteiger charge is 2.18. The van der Waals surface area contributed by atoms with Crippen LogP contribution in [-0.2, 0) is 0 Å². The molecule has 2 aromatic carbocycles. The number of hydrogen-bond donors (Lipinski definition) is 1. The van der Waals surface area contributed by atoms with Crippen LogP contribution in [0.15, 0.2) is 41.3 Å². The molecule has 1 aliphatic heterocycles. The molecule has 1 N–H and O–H groups in total. The summed E-state index contributed by atoms with van der Waals surface area (Å²) in [5.74, 6) is -0.000648. The van der Waals surface area contributed by atoms with Gasteiger partial charge in [-0.25, -0.2) is 0 Å². The summed E-state index contributed by atoms with van der Waals surface area (Å²) in [6, 6.07) is 11.9. The fourth-order valence-corrected chi connectivity index (χ4v) is 2.53. The molecular weight excluding hydrogens is 194 g/mol. The van der Waals surface area contributed by atoms with E-state index in [2.05, 4.69) is 4.72 Å². The van der Waals surface area contributed by atoms with Crippen LogP contribution in [0.4, 0.5) is 0 Å². The number of carbonyl (C=O) groups excluding carboxylic acids is 1. The Hall–Kier alpha value is -1.48. The highest BCUT2D eigenvalue weighted by molar-refractivity contribution is 7.98. The molecule has 0 atom stereocenters. The standard InChI is InChI=1S/C11H7NOS/c13-11-8-5-1-3-7-4-2-6-9(10(7)8)14-12-11/h1-6H,(H,12,13). The fraction of sp³-hybridized carbons (Fsp3) is 0. The Morgan fingerprint density at radius 3 is 2.71 bits per heavy atom. The Labute approximate surface area is 85.4 Å². The van der Waals surface area contributed by atoms with Crippen molar-refractivity contribution in [3.05, 3.63) is 42.0 Å². The zero-order valence-electron chi connectivity index (χ0n) is 7.28. The molecule has 0 fully saturated rings. The monoisotopic (exact) mass is 201 g/mol. The molecule has 3 rings (SSSR count). The van der Waals surface area contributed by atoms with Gasteiger partial charge in [0.1, 0.15) is 0 Å². The van der Waals surface area contributed by atoms with Crippen LogP contribution in [0.1, 0.15) is 10.4 Å². The van der Waals surface area contributed by atoms with Crippen LogP contribution in [0.3, 0.4) is 0 Å². The first-order valence-electron chi connectivity index (χ1n) is 4.35. The maximum atomic E-state index is 11.5. The van der Waals surface area contributed by atoms with Crippen LogP contribution in [0.2, 0.25) is 0 Å². The lowest BCUT2D eigenvalue weighted by Crippen LogP contribution is -2.19. The van der Waals surface area contributed by atoms with Gasteiger partial charge in [0.25, 0.3) is 5.91 Å². The first-order valence-corrected chi connectivity index (χ1v) is 5.17. The minimum Gasteiger partial charge on any atom is -0.292 e. The maximum Gasteiger partial charge on any atom is 0.262 e. The number of nitrogens with one attached hydrogen (secondary N) is 1. The van der Waals surface area contributed by atoms with Crippen molar-refractivity contribution >= 4 is 28.6 Å². The third-order valence-electron chi connectivity index (χ3n) is 2.36. The molecule has 3 heteroatoms. The van der Waals surface area contributed by atoms with Crippen LogP contribution in [0, 0.1) is 0 Å². The van der Waals surface area contributed by atoms with Crippen molar-refractivity contribution in [2.45, 2.75) is 4.90 Å². The molecule has 0 aromatic heterocycles. The molecule has 1 aliphatic rings. The topological polar surface area (TPSA) is 29.1 Å². The molecule has 0 aliphatic carbocycles. The van der Waals surface area contributed by atoms with Crippen LogP contribution in [0.5, 0.6) is 0 Å². The van der Waals surface area contributed by atoms with Gasteiger partial charge in [-0.1, -0.05) is 24.3 Å². The third-order valence-corrected chi connectivity index (χ3v) is 3.21. The van der Waals surface area contributed by atoms with E-state index in [1.54, 1.807) is 0 Å². The van der Waals surface area contributed by atoms with Crippen LogP contribution >= 0.6 is 11.9 Å². The van der Waals surface area contributed by atoms with Crippen molar-refractivity contribution in [2.24, 2.45) is 0 Å². The van der Waals surface area contributed by atoms with E-state index in [9.17, 15) is 4.79 Å². The first kappa shape index (κ1) is 7.88. The van der Waals surface area contributed by atoms with Gasteiger partial charge in [-0.3, -0.25) is 9.52 Å². The number of carbonyl (C=O) groups is 1. The molecule has 0 saturated heterocycles. The van der Waals surface area contributed by atoms with Gasteiger partial charge in [-0.05, 0) is 29.5 Å². The van der Waals surface area contributed by atoms with Crippen molar-refractivity contribution in [1.29, 1.82) is 0 Å². The molecule has 1 heterocycles. The van der Waals surface area contributed by atoms with Crippen LogP contribution in [-0.4, -0.2) is 5.91 Å². The summed E-state index contributed by atoms with van der Waals surface area (Å²) in [5.41, 5.74) is 0.775. The van der Waals surface area contributed by atoms with Gasteiger partial charge in [0.15, 0.2) is 0 Å². The molecule has 2 nitrogen and oxygen atoms in total.